The maximum Gasteiger partial charge on any atom is 0.345 e. The molecule has 13 heavy (non-hydrogen) atoms. The van der Waals surface area contributed by atoms with Gasteiger partial charge in [-0.3, -0.25) is 0 Å². The summed E-state index contributed by atoms with van der Waals surface area (Å²) in [4.78, 5) is 2.33. The number of hydrogen-bond donors (Lipinski definition) is 0. The Kier molecular flexibility index (Phi) is 4.59. The van der Waals surface area contributed by atoms with Crippen molar-refractivity contribution in [3.05, 3.63) is 0 Å². The summed E-state index contributed by atoms with van der Waals surface area (Å²) >= 11 is 0. The van der Waals surface area contributed by atoms with E-state index in [-0.39, 0.29) is 6.61 Å². The van der Waals surface area contributed by atoms with Crippen LogP contribution in [0.3, 0.4) is 0 Å². The molecular formula is C9H17F2NO. The van der Waals surface area contributed by atoms with Gasteiger partial charge in [-0.1, -0.05) is 6.92 Å². The van der Waals surface area contributed by atoms with Gasteiger partial charge in [-0.25, -0.2) is 0 Å². The molecular weight excluding hydrogens is 176 g/mol. The summed E-state index contributed by atoms with van der Waals surface area (Å²) in [5.74, 6) is 0. The number of alkyl halides is 2. The van der Waals surface area contributed by atoms with Crippen LogP contribution < -0.4 is 0 Å². The largest absolute Gasteiger partial charge is 0.345 e. The van der Waals surface area contributed by atoms with Crippen LogP contribution in [-0.4, -0.2) is 37.2 Å². The van der Waals surface area contributed by atoms with E-state index in [1.165, 1.54) is 6.42 Å². The van der Waals surface area contributed by atoms with E-state index in [1.54, 1.807) is 0 Å². The van der Waals surface area contributed by atoms with Gasteiger partial charge in [0.25, 0.3) is 0 Å². The predicted octanol–water partition coefficient (Wildman–Crippen LogP) is 2.10. The third kappa shape index (κ3) is 3.56. The van der Waals surface area contributed by atoms with Crippen molar-refractivity contribution < 1.29 is 13.5 Å². The Labute approximate surface area is 77.9 Å². The lowest BCUT2D eigenvalue weighted by Crippen LogP contribution is -2.30. The van der Waals surface area contributed by atoms with Crippen LogP contribution in [0.15, 0.2) is 0 Å². The van der Waals surface area contributed by atoms with Crippen molar-refractivity contribution in [3.8, 4) is 0 Å². The number of nitrogens with zero attached hydrogens (tertiary/aromatic N) is 1. The Morgan fingerprint density at radius 2 is 2.31 bits per heavy atom. The summed E-state index contributed by atoms with van der Waals surface area (Å²) in [6.45, 7) is 1.79. The highest BCUT2D eigenvalue weighted by Crippen LogP contribution is 2.19. The SMILES string of the molecule is CCN1CCCC1CCOC(F)F. The highest BCUT2D eigenvalue weighted by atomic mass is 19.3. The molecule has 1 unspecified atom stereocenters. The molecule has 1 aliphatic rings. The van der Waals surface area contributed by atoms with E-state index in [0.717, 1.165) is 25.9 Å². The third-order valence-electron chi connectivity index (χ3n) is 2.60. The van der Waals surface area contributed by atoms with Crippen molar-refractivity contribution in [2.45, 2.75) is 38.8 Å². The molecule has 0 bridgehead atoms. The van der Waals surface area contributed by atoms with Gasteiger partial charge in [0.15, 0.2) is 0 Å². The maximum absolute atomic E-state index is 11.7. The van der Waals surface area contributed by atoms with Gasteiger partial charge in [-0.05, 0) is 32.4 Å². The van der Waals surface area contributed by atoms with Crippen LogP contribution in [0.2, 0.25) is 0 Å². The Morgan fingerprint density at radius 1 is 1.54 bits per heavy atom. The van der Waals surface area contributed by atoms with Crippen molar-refractivity contribution in [1.29, 1.82) is 0 Å². The molecule has 0 saturated carbocycles. The minimum atomic E-state index is -2.61. The predicted molar refractivity (Wildman–Crippen MR) is 46.8 cm³/mol. The second-order valence-corrected chi connectivity index (χ2v) is 3.34. The average molecular weight is 193 g/mol. The molecule has 0 spiro atoms. The lowest BCUT2D eigenvalue weighted by Gasteiger charge is -2.22. The molecule has 1 atom stereocenters. The Balaban J connectivity index is 2.13. The summed E-state index contributed by atoms with van der Waals surface area (Å²) in [7, 11) is 0. The van der Waals surface area contributed by atoms with E-state index in [0.29, 0.717) is 6.04 Å². The topological polar surface area (TPSA) is 12.5 Å². The van der Waals surface area contributed by atoms with E-state index in [1.807, 2.05) is 0 Å². The zero-order chi connectivity index (χ0) is 9.68. The molecule has 0 aromatic carbocycles. The van der Waals surface area contributed by atoms with Gasteiger partial charge in [0, 0.05) is 6.04 Å². The molecule has 0 aliphatic carbocycles. The highest BCUT2D eigenvalue weighted by molar-refractivity contribution is 4.77. The number of ether oxygens (including phenoxy) is 1. The van der Waals surface area contributed by atoms with Crippen LogP contribution >= 0.6 is 0 Å². The molecule has 1 aliphatic heterocycles. The van der Waals surface area contributed by atoms with E-state index in [4.69, 9.17) is 0 Å². The molecule has 0 radical (unpaired) electrons. The molecule has 78 valence electrons. The third-order valence-corrected chi connectivity index (χ3v) is 2.60. The van der Waals surface area contributed by atoms with E-state index in [2.05, 4.69) is 16.6 Å². The van der Waals surface area contributed by atoms with Crippen molar-refractivity contribution in [2.75, 3.05) is 19.7 Å². The second-order valence-electron chi connectivity index (χ2n) is 3.34. The summed E-state index contributed by atoms with van der Waals surface area (Å²) in [6.07, 6.45) is 3.05. The quantitative estimate of drug-likeness (QED) is 0.663. The van der Waals surface area contributed by atoms with Gasteiger partial charge in [0.2, 0.25) is 0 Å². The smallest absolute Gasteiger partial charge is 0.323 e. The van der Waals surface area contributed by atoms with E-state index in [9.17, 15) is 8.78 Å². The molecule has 2 nitrogen and oxygen atoms in total. The molecule has 0 aromatic heterocycles. The van der Waals surface area contributed by atoms with Gasteiger partial charge in [-0.2, -0.15) is 8.78 Å². The van der Waals surface area contributed by atoms with Crippen LogP contribution in [-0.2, 0) is 4.74 Å². The van der Waals surface area contributed by atoms with Crippen molar-refractivity contribution in [3.63, 3.8) is 0 Å². The molecule has 1 heterocycles. The highest BCUT2D eigenvalue weighted by Gasteiger charge is 2.22. The van der Waals surface area contributed by atoms with Gasteiger partial charge >= 0.3 is 6.61 Å². The first-order chi connectivity index (χ1) is 6.24. The molecule has 0 amide bonds. The van der Waals surface area contributed by atoms with Gasteiger partial charge in [0.1, 0.15) is 0 Å². The fourth-order valence-electron chi connectivity index (χ4n) is 1.93. The lowest BCUT2D eigenvalue weighted by molar-refractivity contribution is -0.131. The lowest BCUT2D eigenvalue weighted by atomic mass is 10.1. The zero-order valence-electron chi connectivity index (χ0n) is 8.01. The van der Waals surface area contributed by atoms with E-state index < -0.39 is 6.61 Å². The van der Waals surface area contributed by atoms with Crippen LogP contribution in [0.1, 0.15) is 26.2 Å². The fraction of sp³-hybridized carbons (Fsp3) is 1.00. The number of halogens is 2. The molecule has 0 aromatic rings. The Morgan fingerprint density at radius 3 is 2.92 bits per heavy atom. The Hall–Kier alpha value is -0.220. The van der Waals surface area contributed by atoms with Crippen LogP contribution in [0.4, 0.5) is 8.78 Å². The molecule has 1 rings (SSSR count). The van der Waals surface area contributed by atoms with Crippen molar-refractivity contribution in [2.24, 2.45) is 0 Å². The monoisotopic (exact) mass is 193 g/mol. The zero-order valence-corrected chi connectivity index (χ0v) is 8.01. The summed E-state index contributed by atoms with van der Waals surface area (Å²) in [6, 6.07) is 0.462. The number of likely N-dealkylation sites (tertiary alicyclic amines) is 1. The minimum absolute atomic E-state index is 0.179. The second kappa shape index (κ2) is 5.50. The average Bonchev–Trinajstić information content (AvgIpc) is 2.51. The molecule has 1 saturated heterocycles. The Bertz CT molecular complexity index is 144. The first-order valence-corrected chi connectivity index (χ1v) is 4.88. The van der Waals surface area contributed by atoms with Crippen LogP contribution in [0.25, 0.3) is 0 Å². The minimum Gasteiger partial charge on any atom is -0.323 e. The summed E-state index contributed by atoms with van der Waals surface area (Å²) in [5, 5.41) is 0. The first kappa shape index (κ1) is 10.9. The van der Waals surface area contributed by atoms with Crippen molar-refractivity contribution in [1.82, 2.24) is 4.90 Å². The van der Waals surface area contributed by atoms with Crippen LogP contribution in [0, 0.1) is 0 Å². The number of rotatable bonds is 5. The normalized spacial score (nSPS) is 24.5. The van der Waals surface area contributed by atoms with E-state index >= 15 is 0 Å². The molecule has 0 N–H and O–H groups in total. The van der Waals surface area contributed by atoms with Gasteiger partial charge in [-0.15, -0.1) is 0 Å². The fourth-order valence-corrected chi connectivity index (χ4v) is 1.93. The van der Waals surface area contributed by atoms with Crippen LogP contribution in [0.5, 0.6) is 0 Å². The molecule has 1 fully saturated rings. The maximum atomic E-state index is 11.7. The van der Waals surface area contributed by atoms with Gasteiger partial charge < -0.3 is 9.64 Å². The molecule has 4 heteroatoms. The van der Waals surface area contributed by atoms with Gasteiger partial charge in [0.05, 0.1) is 6.61 Å². The van der Waals surface area contributed by atoms with Crippen molar-refractivity contribution >= 4 is 0 Å². The number of hydrogen-bond acceptors (Lipinski definition) is 2. The first-order valence-electron chi connectivity index (χ1n) is 4.88. The summed E-state index contributed by atoms with van der Waals surface area (Å²) in [5.41, 5.74) is 0. The summed E-state index contributed by atoms with van der Waals surface area (Å²) < 4.78 is 27.5. The standard InChI is InChI=1S/C9H17F2NO/c1-2-12-6-3-4-8(12)5-7-13-9(10)11/h8-9H,2-7H2,1H3.